The SMILES string of the molecule is O=Cc1c(O)ccc2c(=O)c(Oc3ccccc3)coc12. The van der Waals surface area contributed by atoms with Gasteiger partial charge in [-0.1, -0.05) is 18.2 Å². The lowest BCUT2D eigenvalue weighted by Crippen LogP contribution is -2.05. The van der Waals surface area contributed by atoms with E-state index >= 15 is 0 Å². The molecular formula is C16H10O5. The van der Waals surface area contributed by atoms with Gasteiger partial charge >= 0.3 is 0 Å². The Morgan fingerprint density at radius 1 is 1.10 bits per heavy atom. The van der Waals surface area contributed by atoms with E-state index in [1.807, 2.05) is 6.07 Å². The minimum atomic E-state index is -0.414. The molecule has 0 aliphatic rings. The number of phenols is 1. The molecule has 0 bridgehead atoms. The Labute approximate surface area is 119 Å². The second-order valence-corrected chi connectivity index (χ2v) is 4.34. The number of phenolic OH excluding ortho intramolecular Hbond substituents is 1. The van der Waals surface area contributed by atoms with Crippen molar-refractivity contribution in [1.82, 2.24) is 0 Å². The minimum Gasteiger partial charge on any atom is -0.507 e. The van der Waals surface area contributed by atoms with Crippen molar-refractivity contribution in [1.29, 1.82) is 0 Å². The molecule has 104 valence electrons. The predicted octanol–water partition coefficient (Wildman–Crippen LogP) is 3.10. The Balaban J connectivity index is 2.15. The summed E-state index contributed by atoms with van der Waals surface area (Å²) in [7, 11) is 0. The van der Waals surface area contributed by atoms with Gasteiger partial charge in [0.25, 0.3) is 0 Å². The van der Waals surface area contributed by atoms with E-state index in [9.17, 15) is 14.7 Å². The molecular weight excluding hydrogens is 272 g/mol. The fourth-order valence-corrected chi connectivity index (χ4v) is 1.99. The maximum absolute atomic E-state index is 12.3. The minimum absolute atomic E-state index is 0.0104. The number of hydrogen-bond donors (Lipinski definition) is 1. The first-order chi connectivity index (χ1) is 10.2. The maximum atomic E-state index is 12.3. The number of aromatic hydroxyl groups is 1. The van der Waals surface area contributed by atoms with Crippen LogP contribution in [-0.2, 0) is 0 Å². The highest BCUT2D eigenvalue weighted by Crippen LogP contribution is 2.26. The van der Waals surface area contributed by atoms with Crippen LogP contribution in [0.5, 0.6) is 17.2 Å². The molecule has 21 heavy (non-hydrogen) atoms. The summed E-state index contributed by atoms with van der Waals surface area (Å²) in [6.07, 6.45) is 1.57. The molecule has 3 aromatic rings. The van der Waals surface area contributed by atoms with Crippen LogP contribution in [0.4, 0.5) is 0 Å². The van der Waals surface area contributed by atoms with Gasteiger partial charge in [-0.25, -0.2) is 0 Å². The third kappa shape index (κ3) is 2.25. The second kappa shape index (κ2) is 5.13. The number of ether oxygens (including phenoxy) is 1. The lowest BCUT2D eigenvalue weighted by atomic mass is 10.1. The molecule has 0 radical (unpaired) electrons. The van der Waals surface area contributed by atoms with Gasteiger partial charge in [-0.2, -0.15) is 0 Å². The van der Waals surface area contributed by atoms with Gasteiger partial charge < -0.3 is 14.3 Å². The Morgan fingerprint density at radius 2 is 1.86 bits per heavy atom. The van der Waals surface area contributed by atoms with Crippen molar-refractivity contribution in [3.8, 4) is 17.2 Å². The van der Waals surface area contributed by atoms with Crippen LogP contribution in [0.1, 0.15) is 10.4 Å². The van der Waals surface area contributed by atoms with Crippen molar-refractivity contribution in [3.05, 3.63) is 64.5 Å². The number of rotatable bonds is 3. The Hall–Kier alpha value is -3.08. The van der Waals surface area contributed by atoms with Crippen molar-refractivity contribution in [2.24, 2.45) is 0 Å². The van der Waals surface area contributed by atoms with Crippen LogP contribution in [-0.4, -0.2) is 11.4 Å². The van der Waals surface area contributed by atoms with Gasteiger partial charge in [0, 0.05) is 0 Å². The lowest BCUT2D eigenvalue weighted by molar-refractivity contribution is 0.112. The third-order valence-electron chi connectivity index (χ3n) is 3.01. The summed E-state index contributed by atoms with van der Waals surface area (Å²) in [4.78, 5) is 23.3. The molecule has 2 aromatic carbocycles. The Bertz CT molecular complexity index is 865. The largest absolute Gasteiger partial charge is 0.507 e. The van der Waals surface area contributed by atoms with Gasteiger partial charge in [0.1, 0.15) is 17.8 Å². The number of hydrogen-bond acceptors (Lipinski definition) is 5. The highest BCUT2D eigenvalue weighted by Gasteiger charge is 2.14. The van der Waals surface area contributed by atoms with Crippen molar-refractivity contribution in [2.75, 3.05) is 0 Å². The molecule has 1 N–H and O–H groups in total. The summed E-state index contributed by atoms with van der Waals surface area (Å²) in [6.45, 7) is 0. The molecule has 3 rings (SSSR count). The summed E-state index contributed by atoms with van der Waals surface area (Å²) in [5.74, 6) is 0.271. The fourth-order valence-electron chi connectivity index (χ4n) is 1.99. The van der Waals surface area contributed by atoms with Crippen LogP contribution in [0, 0.1) is 0 Å². The average molecular weight is 282 g/mol. The van der Waals surface area contributed by atoms with E-state index in [2.05, 4.69) is 0 Å². The van der Waals surface area contributed by atoms with Gasteiger partial charge in [-0.3, -0.25) is 9.59 Å². The van der Waals surface area contributed by atoms with Gasteiger partial charge in [0.05, 0.1) is 10.9 Å². The molecule has 0 fully saturated rings. The number of benzene rings is 2. The molecule has 5 heteroatoms. The monoisotopic (exact) mass is 282 g/mol. The van der Waals surface area contributed by atoms with E-state index in [0.717, 1.165) is 6.26 Å². The van der Waals surface area contributed by atoms with E-state index < -0.39 is 5.43 Å². The molecule has 0 atom stereocenters. The molecule has 0 saturated carbocycles. The van der Waals surface area contributed by atoms with Crippen molar-refractivity contribution >= 4 is 17.3 Å². The molecule has 1 heterocycles. The fraction of sp³-hybridized carbons (Fsp3) is 0. The average Bonchev–Trinajstić information content (AvgIpc) is 2.51. The zero-order valence-electron chi connectivity index (χ0n) is 10.8. The Kier molecular flexibility index (Phi) is 3.16. The maximum Gasteiger partial charge on any atom is 0.235 e. The van der Waals surface area contributed by atoms with Gasteiger partial charge in [0.15, 0.2) is 11.9 Å². The summed E-state index contributed by atoms with van der Waals surface area (Å²) in [6, 6.07) is 11.5. The van der Waals surface area contributed by atoms with E-state index in [0.29, 0.717) is 12.0 Å². The first kappa shape index (κ1) is 12.9. The van der Waals surface area contributed by atoms with Gasteiger partial charge in [0.2, 0.25) is 11.2 Å². The van der Waals surface area contributed by atoms with E-state index in [4.69, 9.17) is 9.15 Å². The van der Waals surface area contributed by atoms with Crippen LogP contribution in [0.15, 0.2) is 57.9 Å². The van der Waals surface area contributed by atoms with E-state index in [-0.39, 0.29) is 28.0 Å². The number of carbonyl (C=O) groups excluding carboxylic acids is 1. The van der Waals surface area contributed by atoms with Crippen LogP contribution in [0.3, 0.4) is 0 Å². The van der Waals surface area contributed by atoms with Gasteiger partial charge in [-0.05, 0) is 24.3 Å². The first-order valence-electron chi connectivity index (χ1n) is 6.16. The van der Waals surface area contributed by atoms with E-state index in [1.165, 1.54) is 12.1 Å². The van der Waals surface area contributed by atoms with Crippen molar-refractivity contribution in [3.63, 3.8) is 0 Å². The topological polar surface area (TPSA) is 76.7 Å². The lowest BCUT2D eigenvalue weighted by Gasteiger charge is -2.06. The van der Waals surface area contributed by atoms with Crippen molar-refractivity contribution < 1.29 is 19.1 Å². The molecule has 0 aliphatic carbocycles. The van der Waals surface area contributed by atoms with Crippen LogP contribution in [0.25, 0.3) is 11.0 Å². The molecule has 0 saturated heterocycles. The highest BCUT2D eigenvalue weighted by molar-refractivity contribution is 5.97. The van der Waals surface area contributed by atoms with Crippen molar-refractivity contribution in [2.45, 2.75) is 0 Å². The third-order valence-corrected chi connectivity index (χ3v) is 3.01. The zero-order valence-corrected chi connectivity index (χ0v) is 10.8. The smallest absolute Gasteiger partial charge is 0.235 e. The zero-order chi connectivity index (χ0) is 14.8. The second-order valence-electron chi connectivity index (χ2n) is 4.34. The summed E-state index contributed by atoms with van der Waals surface area (Å²) in [5, 5.41) is 9.75. The first-order valence-corrected chi connectivity index (χ1v) is 6.16. The van der Waals surface area contributed by atoms with Crippen LogP contribution in [0.2, 0.25) is 0 Å². The van der Waals surface area contributed by atoms with E-state index in [1.54, 1.807) is 24.3 Å². The molecule has 0 amide bonds. The highest BCUT2D eigenvalue weighted by atomic mass is 16.5. The summed E-state index contributed by atoms with van der Waals surface area (Å²) in [5.41, 5.74) is -0.436. The number of carbonyl (C=O) groups is 1. The normalized spacial score (nSPS) is 10.5. The van der Waals surface area contributed by atoms with Gasteiger partial charge in [-0.15, -0.1) is 0 Å². The number of fused-ring (bicyclic) bond motifs is 1. The van der Waals surface area contributed by atoms with Crippen LogP contribution >= 0.6 is 0 Å². The standard InChI is InChI=1S/C16H10O5/c17-8-12-13(18)7-6-11-15(19)14(9-20-16(11)12)21-10-4-2-1-3-5-10/h1-9,18H. The quantitative estimate of drug-likeness (QED) is 0.747. The molecule has 0 spiro atoms. The van der Waals surface area contributed by atoms with Crippen LogP contribution < -0.4 is 10.2 Å². The number of para-hydroxylation sites is 1. The molecule has 1 aromatic heterocycles. The molecule has 0 unspecified atom stereocenters. The predicted molar refractivity (Wildman–Crippen MR) is 76.1 cm³/mol. The summed E-state index contributed by atoms with van der Waals surface area (Å²) >= 11 is 0. The summed E-state index contributed by atoms with van der Waals surface area (Å²) < 4.78 is 10.7. The molecule has 5 nitrogen and oxygen atoms in total. The molecule has 0 aliphatic heterocycles. The number of aldehydes is 1. The Morgan fingerprint density at radius 3 is 2.57 bits per heavy atom.